The number of phenolic OH excluding ortho intramolecular Hbond substituents is 1. The zero-order valence-corrected chi connectivity index (χ0v) is 34.5. The molecule has 284 valence electrons. The van der Waals surface area contributed by atoms with Crippen LogP contribution in [0.4, 0.5) is 0 Å². The first kappa shape index (κ1) is 46.3. The largest absolute Gasteiger partial charge is 2.00 e. The van der Waals surface area contributed by atoms with Crippen LogP contribution in [0.5, 0.6) is 34.5 Å². The second-order valence-electron chi connectivity index (χ2n) is 12.6. The van der Waals surface area contributed by atoms with E-state index < -0.39 is 25.1 Å². The summed E-state index contributed by atoms with van der Waals surface area (Å²) >= 11 is 0. The third kappa shape index (κ3) is 16.6. The van der Waals surface area contributed by atoms with Crippen molar-refractivity contribution in [3.8, 4) is 34.5 Å². The van der Waals surface area contributed by atoms with Crippen LogP contribution in [0.3, 0.4) is 0 Å². The van der Waals surface area contributed by atoms with Gasteiger partial charge in [0.2, 0.25) is 0 Å². The summed E-state index contributed by atoms with van der Waals surface area (Å²) in [6, 6.07) is 22.0. The predicted octanol–water partition coefficient (Wildman–Crippen LogP) is 9.31. The van der Waals surface area contributed by atoms with Crippen LogP contribution in [0.25, 0.3) is 0 Å². The fourth-order valence-electron chi connectivity index (χ4n) is 5.80. The first-order chi connectivity index (χ1) is 24.8. The fourth-order valence-corrected chi connectivity index (χ4v) is 7.47. The van der Waals surface area contributed by atoms with E-state index in [0.717, 1.165) is 63.9 Å². The van der Waals surface area contributed by atoms with Crippen molar-refractivity contribution in [2.24, 2.45) is 0 Å². The molecule has 4 rings (SSSR count). The normalized spacial score (nSPS) is 11.2. The van der Waals surface area contributed by atoms with Gasteiger partial charge in [0.1, 0.15) is 42.9 Å². The molecule has 0 radical (unpaired) electrons. The van der Waals surface area contributed by atoms with Gasteiger partial charge >= 0.3 is 37.7 Å². The van der Waals surface area contributed by atoms with Gasteiger partial charge in [0.05, 0.1) is 0 Å². The van der Waals surface area contributed by atoms with E-state index in [0.29, 0.717) is 29.9 Å². The number of aryl methyl sites for hydroxylation is 2. The molecule has 0 bridgehead atoms. The van der Waals surface area contributed by atoms with Gasteiger partial charge in [0.25, 0.3) is 10.1 Å². The molecule has 0 saturated heterocycles. The Morgan fingerprint density at radius 3 is 1.43 bits per heavy atom. The van der Waals surface area contributed by atoms with Crippen LogP contribution < -0.4 is 14.6 Å². The summed E-state index contributed by atoms with van der Waals surface area (Å²) < 4.78 is 80.2. The molecule has 0 spiro atoms. The average Bonchev–Trinajstić information content (AvgIpc) is 3.07. The molecule has 0 aromatic heterocycles. The molecule has 0 atom stereocenters. The smallest absolute Gasteiger partial charge is 0.872 e. The molecule has 4 aromatic rings. The SMILES string of the molecule is CCCCCCCCc1cc(O)cc(Oc2ccccc2)c1S(=O)(=O)O.CCCCCCCCc1cc([O-])cc(Oc2ccccc2)c1S(=O)(=O)[O-].[Ca+2]. The maximum atomic E-state index is 12.0. The van der Waals surface area contributed by atoms with Crippen molar-refractivity contribution in [1.29, 1.82) is 0 Å². The van der Waals surface area contributed by atoms with Gasteiger partial charge in [-0.25, -0.2) is 8.42 Å². The summed E-state index contributed by atoms with van der Waals surface area (Å²) in [5.41, 5.74) is 0.614. The van der Waals surface area contributed by atoms with E-state index in [4.69, 9.17) is 9.47 Å². The van der Waals surface area contributed by atoms with E-state index >= 15 is 0 Å². The van der Waals surface area contributed by atoms with Gasteiger partial charge in [-0.05, 0) is 73.2 Å². The molecule has 0 fully saturated rings. The standard InChI is InChI=1S/2C20H26O5S.Ca/c2*1-2-3-4-5-6-8-11-16-14-17(21)15-19(20(16)26(22,23)24)25-18-12-9-7-10-13-18;/h2*7,9-10,12-15,21H,2-6,8,11H2,1H3,(H,22,23,24);/q;;+2/p-2. The Hall–Kier alpha value is -2.84. The summed E-state index contributed by atoms with van der Waals surface area (Å²) in [7, 11) is -9.25. The Morgan fingerprint density at radius 1 is 0.585 bits per heavy atom. The number of ether oxygens (including phenoxy) is 2. The fraction of sp³-hybridized carbons (Fsp3) is 0.400. The van der Waals surface area contributed by atoms with Gasteiger partial charge in [0.15, 0.2) is 5.75 Å². The second-order valence-corrected chi connectivity index (χ2v) is 15.3. The molecule has 2 N–H and O–H groups in total. The molecule has 0 unspecified atom stereocenters. The van der Waals surface area contributed by atoms with Gasteiger partial charge in [0, 0.05) is 6.07 Å². The minimum Gasteiger partial charge on any atom is -0.872 e. The summed E-state index contributed by atoms with van der Waals surface area (Å²) in [5.74, 6) is 0.0648. The zero-order chi connectivity index (χ0) is 38.0. The second kappa shape index (κ2) is 23.8. The Labute approximate surface area is 345 Å². The van der Waals surface area contributed by atoms with Crippen molar-refractivity contribution >= 4 is 58.0 Å². The molecule has 0 heterocycles. The van der Waals surface area contributed by atoms with Gasteiger partial charge in [-0.1, -0.05) is 121 Å². The maximum absolute atomic E-state index is 12.0. The predicted molar refractivity (Wildman–Crippen MR) is 205 cm³/mol. The van der Waals surface area contributed by atoms with E-state index in [1.807, 2.05) is 6.07 Å². The maximum Gasteiger partial charge on any atom is 2.00 e. The van der Waals surface area contributed by atoms with Crippen molar-refractivity contribution in [1.82, 2.24) is 0 Å². The van der Waals surface area contributed by atoms with Gasteiger partial charge < -0.3 is 24.2 Å². The Bertz CT molecular complexity index is 1750. The van der Waals surface area contributed by atoms with E-state index in [-0.39, 0.29) is 71.2 Å². The summed E-state index contributed by atoms with van der Waals surface area (Å²) in [4.78, 5) is -0.692. The summed E-state index contributed by atoms with van der Waals surface area (Å²) in [6.45, 7) is 4.29. The van der Waals surface area contributed by atoms with Crippen molar-refractivity contribution in [3.63, 3.8) is 0 Å². The average molecular weight is 795 g/mol. The van der Waals surface area contributed by atoms with Gasteiger partial charge in [-0.15, -0.1) is 5.75 Å². The van der Waals surface area contributed by atoms with Gasteiger partial charge in [-0.2, -0.15) is 8.42 Å². The molecule has 0 aliphatic rings. The monoisotopic (exact) mass is 794 g/mol. The number of benzene rings is 4. The number of unbranched alkanes of at least 4 members (excludes halogenated alkanes) is 10. The first-order valence-corrected chi connectivity index (χ1v) is 20.8. The Kier molecular flexibility index (Phi) is 20.8. The van der Waals surface area contributed by atoms with Crippen LogP contribution in [-0.2, 0) is 33.1 Å². The number of hydrogen-bond donors (Lipinski definition) is 2. The molecule has 0 aliphatic carbocycles. The summed E-state index contributed by atoms with van der Waals surface area (Å²) in [6.07, 6.45) is 13.3. The van der Waals surface area contributed by atoms with Crippen LogP contribution in [0.2, 0.25) is 0 Å². The number of para-hydroxylation sites is 2. The molecule has 0 saturated carbocycles. The van der Waals surface area contributed by atoms with E-state index in [1.165, 1.54) is 37.5 Å². The molecule has 0 amide bonds. The van der Waals surface area contributed by atoms with E-state index in [2.05, 4.69) is 13.8 Å². The number of rotatable bonds is 20. The van der Waals surface area contributed by atoms with Gasteiger partial charge in [-0.3, -0.25) is 4.55 Å². The Morgan fingerprint density at radius 2 is 1.00 bits per heavy atom. The molecular weight excluding hydrogens is 745 g/mol. The minimum absolute atomic E-state index is 0. The minimum atomic E-state index is -4.77. The third-order valence-electron chi connectivity index (χ3n) is 8.27. The van der Waals surface area contributed by atoms with Crippen molar-refractivity contribution in [3.05, 3.63) is 96.1 Å². The first-order valence-electron chi connectivity index (χ1n) is 17.9. The summed E-state index contributed by atoms with van der Waals surface area (Å²) in [5, 5.41) is 22.0. The van der Waals surface area contributed by atoms with Crippen LogP contribution in [0.15, 0.2) is 94.7 Å². The molecule has 4 aromatic carbocycles. The van der Waals surface area contributed by atoms with Crippen LogP contribution in [0, 0.1) is 0 Å². The Balaban J connectivity index is 0.000000360. The molecule has 0 aliphatic heterocycles. The van der Waals surface area contributed by atoms with Crippen LogP contribution in [0.1, 0.15) is 102 Å². The quantitative estimate of drug-likeness (QED) is 0.0499. The molecule has 53 heavy (non-hydrogen) atoms. The zero-order valence-electron chi connectivity index (χ0n) is 30.7. The molecular formula is C40H50CaO10S2. The van der Waals surface area contributed by atoms with E-state index in [1.54, 1.807) is 54.6 Å². The molecule has 13 heteroatoms. The topological polar surface area (TPSA) is 173 Å². The van der Waals surface area contributed by atoms with E-state index in [9.17, 15) is 36.2 Å². The molecule has 10 nitrogen and oxygen atoms in total. The van der Waals surface area contributed by atoms with Crippen LogP contribution in [-0.4, -0.2) is 68.8 Å². The number of hydrogen-bond acceptors (Lipinski definition) is 9. The number of aromatic hydroxyl groups is 1. The van der Waals surface area contributed by atoms with Crippen molar-refractivity contribution < 1.29 is 45.6 Å². The van der Waals surface area contributed by atoms with Crippen molar-refractivity contribution in [2.45, 2.75) is 114 Å². The van der Waals surface area contributed by atoms with Crippen LogP contribution >= 0.6 is 0 Å². The third-order valence-corrected chi connectivity index (χ3v) is 10.2. The van der Waals surface area contributed by atoms with Crippen molar-refractivity contribution in [2.75, 3.05) is 0 Å². The number of phenols is 1.